The number of hydrogen-bond donors (Lipinski definition) is 1. The molecule has 0 unspecified atom stereocenters. The van der Waals surface area contributed by atoms with Crippen molar-refractivity contribution in [2.75, 3.05) is 0 Å². The van der Waals surface area contributed by atoms with Crippen LogP contribution in [0.15, 0.2) is 22.0 Å². The number of hydrogen-bond acceptors (Lipinski definition) is 7. The molecule has 0 aliphatic heterocycles. The molecular weight excluding hydrogens is 284 g/mol. The molecule has 3 aromatic heterocycles. The number of nitrogens with zero attached hydrogens (tertiary/aromatic N) is 4. The molecule has 0 fully saturated rings. The minimum atomic E-state index is -1.06. The molecule has 3 rings (SSSR count). The maximum absolute atomic E-state index is 12.4. The molecule has 20 heavy (non-hydrogen) atoms. The van der Waals surface area contributed by atoms with Gasteiger partial charge in [-0.15, -0.1) is 11.3 Å². The Morgan fingerprint density at radius 2 is 2.30 bits per heavy atom. The summed E-state index contributed by atoms with van der Waals surface area (Å²) in [6, 6.07) is 0. The molecule has 0 bridgehead atoms. The fourth-order valence-corrected chi connectivity index (χ4v) is 2.87. The number of aromatic carboxylic acids is 1. The van der Waals surface area contributed by atoms with Gasteiger partial charge in [-0.05, 0) is 12.5 Å². The van der Waals surface area contributed by atoms with Crippen molar-refractivity contribution < 1.29 is 14.4 Å². The van der Waals surface area contributed by atoms with E-state index in [1.165, 1.54) is 17.3 Å². The van der Waals surface area contributed by atoms with E-state index in [0.29, 0.717) is 21.6 Å². The largest absolute Gasteiger partial charge is 0.477 e. The predicted octanol–water partition coefficient (Wildman–Crippen LogP) is 0.896. The molecule has 0 radical (unpaired) electrons. The first-order chi connectivity index (χ1) is 9.58. The van der Waals surface area contributed by atoms with Crippen LogP contribution in [0.2, 0.25) is 0 Å². The number of aromatic nitrogens is 4. The van der Waals surface area contributed by atoms with E-state index in [-0.39, 0.29) is 17.0 Å². The Morgan fingerprint density at radius 3 is 2.95 bits per heavy atom. The fraction of sp³-hybridized carbons (Fsp3) is 0.182. The Kier molecular flexibility index (Phi) is 2.83. The first-order valence-corrected chi connectivity index (χ1v) is 6.36. The molecule has 0 atom stereocenters. The van der Waals surface area contributed by atoms with Gasteiger partial charge >= 0.3 is 5.97 Å². The lowest BCUT2D eigenvalue weighted by molar-refractivity contribution is 0.0701. The zero-order valence-corrected chi connectivity index (χ0v) is 11.0. The predicted molar refractivity (Wildman–Crippen MR) is 69.0 cm³/mol. The van der Waals surface area contributed by atoms with Crippen LogP contribution in [-0.2, 0) is 6.54 Å². The number of rotatable bonds is 3. The van der Waals surface area contributed by atoms with Crippen LogP contribution in [0.1, 0.15) is 21.1 Å². The molecule has 0 amide bonds. The third-order valence-electron chi connectivity index (χ3n) is 2.83. The molecule has 3 heterocycles. The van der Waals surface area contributed by atoms with Crippen molar-refractivity contribution in [2.24, 2.45) is 0 Å². The molecule has 8 nitrogen and oxygen atoms in total. The van der Waals surface area contributed by atoms with Gasteiger partial charge in [0.1, 0.15) is 9.71 Å². The van der Waals surface area contributed by atoms with E-state index in [9.17, 15) is 9.59 Å². The van der Waals surface area contributed by atoms with Crippen LogP contribution in [-0.4, -0.2) is 30.8 Å². The molecule has 9 heteroatoms. The van der Waals surface area contributed by atoms with E-state index in [0.717, 1.165) is 11.3 Å². The molecule has 0 spiro atoms. The first-order valence-electron chi connectivity index (χ1n) is 5.55. The summed E-state index contributed by atoms with van der Waals surface area (Å²) in [7, 11) is 0. The first kappa shape index (κ1) is 12.5. The van der Waals surface area contributed by atoms with E-state index in [1.807, 2.05) is 0 Å². The summed E-state index contributed by atoms with van der Waals surface area (Å²) in [6.45, 7) is 1.72. The van der Waals surface area contributed by atoms with Crippen LogP contribution in [0.4, 0.5) is 0 Å². The number of carbonyl (C=O) groups is 1. The quantitative estimate of drug-likeness (QED) is 0.763. The van der Waals surface area contributed by atoms with E-state index >= 15 is 0 Å². The Balaban J connectivity index is 2.17. The van der Waals surface area contributed by atoms with Gasteiger partial charge in [0.2, 0.25) is 6.39 Å². The topological polar surface area (TPSA) is 111 Å². The summed E-state index contributed by atoms with van der Waals surface area (Å²) in [5, 5.41) is 13.0. The monoisotopic (exact) mass is 292 g/mol. The van der Waals surface area contributed by atoms with E-state index < -0.39 is 5.97 Å². The van der Waals surface area contributed by atoms with Gasteiger partial charge in [-0.3, -0.25) is 9.36 Å². The fourth-order valence-electron chi connectivity index (χ4n) is 1.89. The lowest BCUT2D eigenvalue weighted by Crippen LogP contribution is -2.21. The van der Waals surface area contributed by atoms with Crippen LogP contribution < -0.4 is 5.56 Å². The van der Waals surface area contributed by atoms with Gasteiger partial charge in [-0.2, -0.15) is 4.98 Å². The SMILES string of the molecule is Cc1c(C(=O)O)sc2ncn(Cc3ncon3)c(=O)c12. The van der Waals surface area contributed by atoms with Crippen LogP contribution in [0, 0.1) is 6.92 Å². The molecule has 0 aromatic carbocycles. The summed E-state index contributed by atoms with van der Waals surface area (Å²) in [5.74, 6) is -0.714. The number of aryl methyl sites for hydroxylation is 1. The van der Waals surface area contributed by atoms with Crippen molar-refractivity contribution >= 4 is 27.5 Å². The van der Waals surface area contributed by atoms with E-state index in [1.54, 1.807) is 6.92 Å². The number of fused-ring (bicyclic) bond motifs is 1. The van der Waals surface area contributed by atoms with E-state index in [2.05, 4.69) is 19.6 Å². The minimum Gasteiger partial charge on any atom is -0.477 e. The molecule has 0 saturated heterocycles. The van der Waals surface area contributed by atoms with Crippen molar-refractivity contribution in [2.45, 2.75) is 13.5 Å². The van der Waals surface area contributed by atoms with Gasteiger partial charge in [-0.25, -0.2) is 9.78 Å². The number of thiophene rings is 1. The number of carboxylic acid groups (broad SMARTS) is 1. The molecule has 0 saturated carbocycles. The maximum atomic E-state index is 12.4. The smallest absolute Gasteiger partial charge is 0.346 e. The Hall–Kier alpha value is -2.55. The highest BCUT2D eigenvalue weighted by molar-refractivity contribution is 7.20. The highest BCUT2D eigenvalue weighted by Gasteiger charge is 2.19. The van der Waals surface area contributed by atoms with E-state index in [4.69, 9.17) is 5.11 Å². The number of carboxylic acids is 1. The third kappa shape index (κ3) is 1.88. The summed E-state index contributed by atoms with van der Waals surface area (Å²) in [5.41, 5.74) is 0.110. The van der Waals surface area contributed by atoms with Crippen molar-refractivity contribution in [1.29, 1.82) is 0 Å². The summed E-state index contributed by atoms with van der Waals surface area (Å²) in [4.78, 5) is 31.9. The molecular formula is C11H8N4O4S. The van der Waals surface area contributed by atoms with Crippen LogP contribution in [0.3, 0.4) is 0 Å². The lowest BCUT2D eigenvalue weighted by Gasteiger charge is -2.01. The van der Waals surface area contributed by atoms with Crippen molar-refractivity contribution in [3.8, 4) is 0 Å². The Bertz CT molecular complexity index is 849. The second-order valence-electron chi connectivity index (χ2n) is 4.07. The summed E-state index contributed by atoms with van der Waals surface area (Å²) < 4.78 is 5.92. The summed E-state index contributed by atoms with van der Waals surface area (Å²) >= 11 is 0.989. The third-order valence-corrected chi connectivity index (χ3v) is 4.02. The van der Waals surface area contributed by atoms with Crippen LogP contribution in [0.25, 0.3) is 10.2 Å². The molecule has 1 N–H and O–H groups in total. The van der Waals surface area contributed by atoms with Gasteiger partial charge in [-0.1, -0.05) is 5.16 Å². The van der Waals surface area contributed by atoms with Crippen LogP contribution in [0.5, 0.6) is 0 Å². The second kappa shape index (κ2) is 4.53. The minimum absolute atomic E-state index is 0.121. The Labute approximate surface area is 115 Å². The zero-order chi connectivity index (χ0) is 14.3. The highest BCUT2D eigenvalue weighted by Crippen LogP contribution is 2.26. The maximum Gasteiger partial charge on any atom is 0.346 e. The lowest BCUT2D eigenvalue weighted by atomic mass is 10.2. The van der Waals surface area contributed by atoms with Gasteiger partial charge in [0, 0.05) is 0 Å². The molecule has 3 aromatic rings. The second-order valence-corrected chi connectivity index (χ2v) is 5.07. The van der Waals surface area contributed by atoms with Crippen molar-refractivity contribution in [3.63, 3.8) is 0 Å². The highest BCUT2D eigenvalue weighted by atomic mass is 32.1. The molecule has 0 aliphatic rings. The van der Waals surface area contributed by atoms with Gasteiger partial charge in [0.15, 0.2) is 5.82 Å². The van der Waals surface area contributed by atoms with Gasteiger partial charge in [0.25, 0.3) is 5.56 Å². The molecule has 0 aliphatic carbocycles. The molecule has 102 valence electrons. The normalized spacial score (nSPS) is 11.1. The average Bonchev–Trinajstić information content (AvgIpc) is 3.01. The summed E-state index contributed by atoms with van der Waals surface area (Å²) in [6.07, 6.45) is 2.52. The van der Waals surface area contributed by atoms with Gasteiger partial charge in [0.05, 0.1) is 18.3 Å². The standard InChI is InChI=1S/C11H8N4O4S/c1-5-7-9(20-8(5)11(17)18)12-3-15(10(7)16)2-6-13-4-19-14-6/h3-4H,2H2,1H3,(H,17,18). The van der Waals surface area contributed by atoms with Crippen LogP contribution >= 0.6 is 11.3 Å². The zero-order valence-electron chi connectivity index (χ0n) is 10.2. The average molecular weight is 292 g/mol. The Morgan fingerprint density at radius 1 is 1.50 bits per heavy atom. The van der Waals surface area contributed by atoms with Gasteiger partial charge < -0.3 is 9.63 Å². The van der Waals surface area contributed by atoms with Crippen molar-refractivity contribution in [3.05, 3.63) is 39.3 Å². The van der Waals surface area contributed by atoms with Crippen molar-refractivity contribution in [1.82, 2.24) is 19.7 Å².